The van der Waals surface area contributed by atoms with Crippen molar-refractivity contribution >= 4 is 26.9 Å². The molecule has 3 aromatic rings. The third-order valence-electron chi connectivity index (χ3n) is 3.41. The fourth-order valence-electron chi connectivity index (χ4n) is 2.30. The Morgan fingerprint density at radius 3 is 2.75 bits per heavy atom. The van der Waals surface area contributed by atoms with Gasteiger partial charge in [0, 0.05) is 24.3 Å². The molecule has 120 valence electrons. The maximum Gasteiger partial charge on any atom is 0.257 e. The van der Waals surface area contributed by atoms with Crippen LogP contribution in [0.5, 0.6) is 0 Å². The maximum atomic E-state index is 12.5. The fourth-order valence-corrected chi connectivity index (χ4v) is 3.16. The molecular weight excluding hydrogens is 328 g/mol. The Morgan fingerprint density at radius 2 is 2.04 bits per heavy atom. The average molecular weight is 340 g/mol. The molecule has 0 fully saturated rings. The Labute approximate surface area is 138 Å². The highest BCUT2D eigenvalue weighted by molar-refractivity contribution is 7.90. The Bertz CT molecular complexity index is 1090. The minimum absolute atomic E-state index is 0.0649. The van der Waals surface area contributed by atoms with Gasteiger partial charge in [-0.25, -0.2) is 12.9 Å². The van der Waals surface area contributed by atoms with Gasteiger partial charge in [-0.3, -0.25) is 4.79 Å². The van der Waals surface area contributed by atoms with Crippen molar-refractivity contribution in [2.75, 3.05) is 11.6 Å². The molecule has 24 heavy (non-hydrogen) atoms. The second-order valence-electron chi connectivity index (χ2n) is 5.17. The van der Waals surface area contributed by atoms with Crippen LogP contribution in [0.3, 0.4) is 0 Å². The molecule has 2 aromatic heterocycles. The molecule has 0 atom stereocenters. The van der Waals surface area contributed by atoms with E-state index in [0.29, 0.717) is 5.69 Å². The van der Waals surface area contributed by atoms with Gasteiger partial charge in [-0.2, -0.15) is 10.4 Å². The smallest absolute Gasteiger partial charge is 0.257 e. The number of anilines is 1. The van der Waals surface area contributed by atoms with Crippen LogP contribution in [0.1, 0.15) is 15.9 Å². The van der Waals surface area contributed by atoms with E-state index in [4.69, 9.17) is 5.26 Å². The third-order valence-corrected chi connectivity index (χ3v) is 4.57. The number of aromatic nitrogens is 2. The number of fused-ring (bicyclic) bond motifs is 1. The molecule has 0 aliphatic carbocycles. The monoisotopic (exact) mass is 340 g/mol. The second-order valence-corrected chi connectivity index (χ2v) is 7.15. The highest BCUT2D eigenvalue weighted by Crippen LogP contribution is 2.20. The van der Waals surface area contributed by atoms with E-state index in [9.17, 15) is 13.2 Å². The van der Waals surface area contributed by atoms with Crippen molar-refractivity contribution in [1.29, 1.82) is 5.26 Å². The zero-order valence-electron chi connectivity index (χ0n) is 12.6. The maximum absolute atomic E-state index is 12.5. The zero-order valence-corrected chi connectivity index (χ0v) is 13.4. The molecule has 1 amide bonds. The molecule has 0 saturated heterocycles. The van der Waals surface area contributed by atoms with Crippen molar-refractivity contribution in [3.63, 3.8) is 0 Å². The number of amides is 1. The molecule has 0 saturated carbocycles. The summed E-state index contributed by atoms with van der Waals surface area (Å²) in [6, 6.07) is 10.9. The minimum atomic E-state index is -3.61. The molecule has 0 unspecified atom stereocenters. The van der Waals surface area contributed by atoms with Crippen LogP contribution in [-0.4, -0.2) is 30.2 Å². The molecule has 3 rings (SSSR count). The van der Waals surface area contributed by atoms with Crippen LogP contribution in [0.4, 0.5) is 5.69 Å². The van der Waals surface area contributed by atoms with Gasteiger partial charge in [0.05, 0.1) is 27.6 Å². The largest absolute Gasteiger partial charge is 0.322 e. The van der Waals surface area contributed by atoms with Gasteiger partial charge in [0.25, 0.3) is 5.91 Å². The van der Waals surface area contributed by atoms with Gasteiger partial charge in [0.1, 0.15) is 0 Å². The molecule has 0 aliphatic rings. The molecule has 2 heterocycles. The number of rotatable bonds is 3. The molecule has 8 heteroatoms. The molecular formula is C16H12N4O3S. The Kier molecular flexibility index (Phi) is 3.79. The topological polar surface area (TPSA) is 104 Å². The van der Waals surface area contributed by atoms with Gasteiger partial charge in [-0.1, -0.05) is 0 Å². The zero-order chi connectivity index (χ0) is 17.3. The van der Waals surface area contributed by atoms with Crippen molar-refractivity contribution in [3.05, 3.63) is 59.9 Å². The van der Waals surface area contributed by atoms with Crippen LogP contribution in [0, 0.1) is 11.3 Å². The summed E-state index contributed by atoms with van der Waals surface area (Å²) in [4.78, 5) is 12.4. The van der Waals surface area contributed by atoms with E-state index in [2.05, 4.69) is 10.4 Å². The number of pyridine rings is 1. The van der Waals surface area contributed by atoms with Gasteiger partial charge in [-0.15, -0.1) is 0 Å². The van der Waals surface area contributed by atoms with Gasteiger partial charge >= 0.3 is 0 Å². The predicted octanol–water partition coefficient (Wildman–Crippen LogP) is 1.86. The number of carbonyl (C=O) groups is 1. The van der Waals surface area contributed by atoms with E-state index in [1.165, 1.54) is 18.2 Å². The van der Waals surface area contributed by atoms with Crippen molar-refractivity contribution in [2.24, 2.45) is 0 Å². The number of nitrogens with one attached hydrogen (secondary N) is 1. The highest BCUT2D eigenvalue weighted by Gasteiger charge is 2.19. The first-order valence-corrected chi connectivity index (χ1v) is 8.76. The van der Waals surface area contributed by atoms with Crippen LogP contribution in [0.25, 0.3) is 5.52 Å². The van der Waals surface area contributed by atoms with E-state index >= 15 is 0 Å². The quantitative estimate of drug-likeness (QED) is 0.783. The van der Waals surface area contributed by atoms with E-state index in [1.54, 1.807) is 35.1 Å². The van der Waals surface area contributed by atoms with Crippen molar-refractivity contribution in [3.8, 4) is 6.07 Å². The summed E-state index contributed by atoms with van der Waals surface area (Å²) in [5, 5.41) is 15.7. The van der Waals surface area contributed by atoms with E-state index in [-0.39, 0.29) is 16.0 Å². The van der Waals surface area contributed by atoms with Crippen LogP contribution in [0.2, 0.25) is 0 Å². The number of sulfone groups is 1. The van der Waals surface area contributed by atoms with Gasteiger partial charge in [0.2, 0.25) is 0 Å². The van der Waals surface area contributed by atoms with Crippen LogP contribution < -0.4 is 5.32 Å². The molecule has 0 radical (unpaired) electrons. The predicted molar refractivity (Wildman–Crippen MR) is 87.4 cm³/mol. The lowest BCUT2D eigenvalue weighted by Crippen LogP contribution is -2.16. The molecule has 0 spiro atoms. The van der Waals surface area contributed by atoms with Crippen LogP contribution in [-0.2, 0) is 9.84 Å². The first kappa shape index (κ1) is 15.7. The molecule has 0 bridgehead atoms. The Hall–Kier alpha value is -3.18. The summed E-state index contributed by atoms with van der Waals surface area (Å²) in [6.07, 6.45) is 4.32. The van der Waals surface area contributed by atoms with Gasteiger partial charge in [0.15, 0.2) is 9.84 Å². The number of hydrogen-bond donors (Lipinski definition) is 1. The van der Waals surface area contributed by atoms with E-state index in [0.717, 1.165) is 11.8 Å². The normalized spacial score (nSPS) is 11.2. The fraction of sp³-hybridized carbons (Fsp3) is 0.0625. The summed E-state index contributed by atoms with van der Waals surface area (Å²) >= 11 is 0. The van der Waals surface area contributed by atoms with Crippen molar-refractivity contribution < 1.29 is 13.2 Å². The second kappa shape index (κ2) is 5.79. The average Bonchev–Trinajstić information content (AvgIpc) is 3.01. The van der Waals surface area contributed by atoms with Crippen molar-refractivity contribution in [1.82, 2.24) is 9.61 Å². The van der Waals surface area contributed by atoms with E-state index in [1.807, 2.05) is 6.07 Å². The third kappa shape index (κ3) is 2.98. The van der Waals surface area contributed by atoms with Crippen LogP contribution >= 0.6 is 0 Å². The lowest BCUT2D eigenvalue weighted by Gasteiger charge is -2.10. The summed E-state index contributed by atoms with van der Waals surface area (Å²) in [5.74, 6) is -0.601. The number of nitrogens with zero attached hydrogens (tertiary/aromatic N) is 3. The van der Waals surface area contributed by atoms with Crippen LogP contribution in [0.15, 0.2) is 53.7 Å². The molecule has 1 N–H and O–H groups in total. The van der Waals surface area contributed by atoms with Gasteiger partial charge < -0.3 is 5.32 Å². The summed E-state index contributed by atoms with van der Waals surface area (Å²) in [6.45, 7) is 0. The lowest BCUT2D eigenvalue weighted by molar-refractivity contribution is 0.102. The molecule has 7 nitrogen and oxygen atoms in total. The molecule has 1 aromatic carbocycles. The highest BCUT2D eigenvalue weighted by atomic mass is 32.2. The number of benzene rings is 1. The Balaban J connectivity index is 2.01. The minimum Gasteiger partial charge on any atom is -0.322 e. The first-order chi connectivity index (χ1) is 11.4. The van der Waals surface area contributed by atoms with Gasteiger partial charge in [-0.05, 0) is 36.4 Å². The van der Waals surface area contributed by atoms with Crippen molar-refractivity contribution in [2.45, 2.75) is 4.90 Å². The summed E-state index contributed by atoms with van der Waals surface area (Å²) < 4.78 is 25.4. The first-order valence-electron chi connectivity index (χ1n) is 6.87. The summed E-state index contributed by atoms with van der Waals surface area (Å²) in [7, 11) is -3.61. The van der Waals surface area contributed by atoms with E-state index < -0.39 is 15.7 Å². The standard InChI is InChI=1S/C16H12N4O3S/c1-24(22,23)15-3-2-11(10-17)8-14(15)16(21)19-12-5-7-20-13(9-12)4-6-18-20/h2-9H,1H3,(H,19,21). The molecule has 0 aliphatic heterocycles. The lowest BCUT2D eigenvalue weighted by atomic mass is 10.1. The Morgan fingerprint density at radius 1 is 1.25 bits per heavy atom. The SMILES string of the molecule is CS(=O)(=O)c1ccc(C#N)cc1C(=O)Nc1ccn2nccc2c1. The summed E-state index contributed by atoms with van der Waals surface area (Å²) in [5.41, 5.74) is 1.42. The number of hydrogen-bond acceptors (Lipinski definition) is 5. The number of carbonyl (C=O) groups excluding carboxylic acids is 1. The number of nitriles is 1.